The lowest BCUT2D eigenvalue weighted by Crippen LogP contribution is -2.26. The first-order valence-corrected chi connectivity index (χ1v) is 8.21. The number of hydrogen-bond acceptors (Lipinski definition) is 3. The lowest BCUT2D eigenvalue weighted by molar-refractivity contribution is 0.0910. The third kappa shape index (κ3) is 4.19. The second kappa shape index (κ2) is 7.40. The van der Waals surface area contributed by atoms with Gasteiger partial charge in [-0.05, 0) is 42.8 Å². The van der Waals surface area contributed by atoms with Gasteiger partial charge < -0.3 is 14.3 Å². The molecular formula is C19H17ClN2O3. The normalized spacial score (nSPS) is 11.9. The van der Waals surface area contributed by atoms with Gasteiger partial charge in [0.05, 0.1) is 12.6 Å². The van der Waals surface area contributed by atoms with Crippen molar-refractivity contribution in [2.45, 2.75) is 19.5 Å². The zero-order valence-electron chi connectivity index (χ0n) is 13.6. The highest BCUT2D eigenvalue weighted by molar-refractivity contribution is 6.30. The van der Waals surface area contributed by atoms with E-state index in [2.05, 4.69) is 5.32 Å². The van der Waals surface area contributed by atoms with Crippen LogP contribution in [0.4, 0.5) is 0 Å². The Hall–Kier alpha value is -2.79. The van der Waals surface area contributed by atoms with E-state index in [-0.39, 0.29) is 29.8 Å². The van der Waals surface area contributed by atoms with Gasteiger partial charge in [-0.2, -0.15) is 0 Å². The van der Waals surface area contributed by atoms with E-state index in [1.54, 1.807) is 42.6 Å². The summed E-state index contributed by atoms with van der Waals surface area (Å²) in [4.78, 5) is 24.1. The van der Waals surface area contributed by atoms with E-state index >= 15 is 0 Å². The molecule has 25 heavy (non-hydrogen) atoms. The van der Waals surface area contributed by atoms with Crippen molar-refractivity contribution in [1.29, 1.82) is 0 Å². The molecule has 1 unspecified atom stereocenters. The van der Waals surface area contributed by atoms with E-state index in [9.17, 15) is 9.59 Å². The molecule has 0 radical (unpaired) electrons. The highest BCUT2D eigenvalue weighted by atomic mass is 35.5. The van der Waals surface area contributed by atoms with Gasteiger partial charge in [0.1, 0.15) is 5.76 Å². The third-order valence-electron chi connectivity index (χ3n) is 3.83. The first-order valence-electron chi connectivity index (χ1n) is 7.83. The maximum Gasteiger partial charge on any atom is 0.287 e. The van der Waals surface area contributed by atoms with Gasteiger partial charge in [-0.1, -0.05) is 29.8 Å². The van der Waals surface area contributed by atoms with Crippen LogP contribution in [0.5, 0.6) is 0 Å². The Balaban J connectivity index is 1.67. The third-order valence-corrected chi connectivity index (χ3v) is 4.08. The number of carbonyl (C=O) groups excluding carboxylic acids is 1. The predicted molar refractivity (Wildman–Crippen MR) is 95.8 cm³/mol. The van der Waals surface area contributed by atoms with Crippen molar-refractivity contribution < 1.29 is 9.21 Å². The Labute approximate surface area is 149 Å². The number of hydrogen-bond donors (Lipinski definition) is 1. The zero-order valence-corrected chi connectivity index (χ0v) is 14.4. The summed E-state index contributed by atoms with van der Waals surface area (Å²) in [5, 5.41) is 3.52. The van der Waals surface area contributed by atoms with E-state index in [1.165, 1.54) is 10.6 Å². The summed E-state index contributed by atoms with van der Waals surface area (Å²) >= 11 is 5.87. The Morgan fingerprint density at radius 3 is 2.64 bits per heavy atom. The smallest absolute Gasteiger partial charge is 0.287 e. The molecule has 3 rings (SSSR count). The maximum atomic E-state index is 12.3. The number of furan rings is 1. The van der Waals surface area contributed by atoms with Crippen LogP contribution < -0.4 is 10.9 Å². The van der Waals surface area contributed by atoms with Gasteiger partial charge in [0.25, 0.3) is 11.5 Å². The molecule has 1 aromatic carbocycles. The lowest BCUT2D eigenvalue weighted by Gasteiger charge is -2.13. The van der Waals surface area contributed by atoms with Crippen molar-refractivity contribution in [3.63, 3.8) is 0 Å². The molecule has 1 amide bonds. The fraction of sp³-hybridized carbons (Fsp3) is 0.158. The van der Waals surface area contributed by atoms with E-state index in [1.807, 2.05) is 19.1 Å². The van der Waals surface area contributed by atoms with Gasteiger partial charge in [0, 0.05) is 17.3 Å². The van der Waals surface area contributed by atoms with Crippen LogP contribution in [0.25, 0.3) is 0 Å². The van der Waals surface area contributed by atoms with Crippen LogP contribution in [0.2, 0.25) is 5.02 Å². The quantitative estimate of drug-likeness (QED) is 0.759. The Kier molecular flexibility index (Phi) is 5.05. The molecule has 0 aliphatic carbocycles. The van der Waals surface area contributed by atoms with Gasteiger partial charge in [-0.25, -0.2) is 0 Å². The highest BCUT2D eigenvalue weighted by Crippen LogP contribution is 2.17. The minimum absolute atomic E-state index is 0.124. The van der Waals surface area contributed by atoms with E-state index in [0.717, 1.165) is 5.56 Å². The molecule has 1 N–H and O–H groups in total. The molecule has 0 spiro atoms. The van der Waals surface area contributed by atoms with Crippen molar-refractivity contribution in [3.05, 3.63) is 93.3 Å². The molecule has 0 aliphatic heterocycles. The Morgan fingerprint density at radius 2 is 1.92 bits per heavy atom. The number of nitrogens with zero attached hydrogens (tertiary/aromatic N) is 1. The highest BCUT2D eigenvalue weighted by Gasteiger charge is 2.15. The SMILES string of the molecule is CC(NC(=O)c1ccc(Cn2ccccc2=O)o1)c1ccc(Cl)cc1. The number of amides is 1. The summed E-state index contributed by atoms with van der Waals surface area (Å²) < 4.78 is 7.08. The van der Waals surface area contributed by atoms with Crippen LogP contribution in [-0.4, -0.2) is 10.5 Å². The molecule has 2 heterocycles. The first-order chi connectivity index (χ1) is 12.0. The van der Waals surface area contributed by atoms with Gasteiger partial charge in [-0.3, -0.25) is 9.59 Å². The number of halogens is 1. The topological polar surface area (TPSA) is 64.2 Å². The number of nitrogens with one attached hydrogen (secondary N) is 1. The molecule has 2 aromatic heterocycles. The first kappa shape index (κ1) is 17.0. The number of carbonyl (C=O) groups is 1. The Morgan fingerprint density at radius 1 is 1.16 bits per heavy atom. The van der Waals surface area contributed by atoms with E-state index in [4.69, 9.17) is 16.0 Å². The van der Waals surface area contributed by atoms with Crippen LogP contribution in [0.3, 0.4) is 0 Å². The summed E-state index contributed by atoms with van der Waals surface area (Å²) in [5.41, 5.74) is 0.821. The molecule has 0 fully saturated rings. The van der Waals surface area contributed by atoms with Crippen LogP contribution in [0.15, 0.2) is 70.0 Å². The molecule has 0 saturated heterocycles. The summed E-state index contributed by atoms with van der Waals surface area (Å²) in [6.45, 7) is 2.16. The second-order valence-corrected chi connectivity index (χ2v) is 6.12. The summed E-state index contributed by atoms with van der Waals surface area (Å²) in [7, 11) is 0. The molecule has 3 aromatic rings. The lowest BCUT2D eigenvalue weighted by atomic mass is 10.1. The van der Waals surface area contributed by atoms with Crippen LogP contribution in [-0.2, 0) is 6.54 Å². The van der Waals surface area contributed by atoms with Gasteiger partial charge in [0.15, 0.2) is 5.76 Å². The summed E-state index contributed by atoms with van der Waals surface area (Å²) in [6.07, 6.45) is 1.67. The second-order valence-electron chi connectivity index (χ2n) is 5.68. The molecule has 0 saturated carbocycles. The van der Waals surface area contributed by atoms with Gasteiger partial charge in [0.2, 0.25) is 0 Å². The van der Waals surface area contributed by atoms with Crippen LogP contribution >= 0.6 is 11.6 Å². The average molecular weight is 357 g/mol. The van der Waals surface area contributed by atoms with Crippen LogP contribution in [0, 0.1) is 0 Å². The van der Waals surface area contributed by atoms with Gasteiger partial charge in [-0.15, -0.1) is 0 Å². The molecule has 5 nitrogen and oxygen atoms in total. The summed E-state index contributed by atoms with van der Waals surface area (Å²) in [5.74, 6) is 0.437. The molecule has 6 heteroatoms. The van der Waals surface area contributed by atoms with Crippen molar-refractivity contribution >= 4 is 17.5 Å². The number of aromatic nitrogens is 1. The molecular weight excluding hydrogens is 340 g/mol. The fourth-order valence-corrected chi connectivity index (χ4v) is 2.57. The maximum absolute atomic E-state index is 12.3. The predicted octanol–water partition coefficient (Wildman–Crippen LogP) is 3.63. The van der Waals surface area contributed by atoms with Crippen molar-refractivity contribution in [3.8, 4) is 0 Å². The van der Waals surface area contributed by atoms with E-state index < -0.39 is 0 Å². The van der Waals surface area contributed by atoms with Crippen molar-refractivity contribution in [2.75, 3.05) is 0 Å². The summed E-state index contributed by atoms with van der Waals surface area (Å²) in [6, 6.07) is 15.3. The van der Waals surface area contributed by atoms with Crippen molar-refractivity contribution in [2.24, 2.45) is 0 Å². The average Bonchev–Trinajstić information content (AvgIpc) is 3.06. The minimum atomic E-state index is -0.311. The molecule has 0 aliphatic rings. The zero-order chi connectivity index (χ0) is 17.8. The minimum Gasteiger partial charge on any atom is -0.454 e. The molecule has 128 valence electrons. The number of rotatable bonds is 5. The van der Waals surface area contributed by atoms with Crippen molar-refractivity contribution in [1.82, 2.24) is 9.88 Å². The largest absolute Gasteiger partial charge is 0.454 e. The van der Waals surface area contributed by atoms with Gasteiger partial charge >= 0.3 is 0 Å². The monoisotopic (exact) mass is 356 g/mol. The number of pyridine rings is 1. The van der Waals surface area contributed by atoms with Crippen LogP contribution in [0.1, 0.15) is 34.8 Å². The fourth-order valence-electron chi connectivity index (χ4n) is 2.45. The molecule has 0 bridgehead atoms. The Bertz CT molecular complexity index is 928. The van der Waals surface area contributed by atoms with E-state index in [0.29, 0.717) is 10.8 Å². The number of benzene rings is 1. The molecule has 1 atom stereocenters. The standard InChI is InChI=1S/C19H17ClN2O3/c1-13(14-5-7-15(20)8-6-14)21-19(24)17-10-9-16(25-17)12-22-11-3-2-4-18(22)23/h2-11,13H,12H2,1H3,(H,21,24).